The highest BCUT2D eigenvalue weighted by Crippen LogP contribution is 2.24. The second-order valence-electron chi connectivity index (χ2n) is 5.49. The van der Waals surface area contributed by atoms with E-state index in [4.69, 9.17) is 10.00 Å². The topological polar surface area (TPSA) is 71.3 Å². The van der Waals surface area contributed by atoms with Gasteiger partial charge in [0.15, 0.2) is 6.61 Å². The molecule has 0 aliphatic heterocycles. The van der Waals surface area contributed by atoms with E-state index < -0.39 is 12.8 Å². The van der Waals surface area contributed by atoms with Crippen molar-refractivity contribution < 1.29 is 27.4 Å². The van der Waals surface area contributed by atoms with Gasteiger partial charge < -0.3 is 14.8 Å². The van der Waals surface area contributed by atoms with Crippen LogP contribution in [0, 0.1) is 17.2 Å². The van der Waals surface area contributed by atoms with Crippen molar-refractivity contribution >= 4 is 11.6 Å². The van der Waals surface area contributed by atoms with E-state index in [0.717, 1.165) is 0 Å². The van der Waals surface area contributed by atoms with Gasteiger partial charge in [0.1, 0.15) is 11.8 Å². The van der Waals surface area contributed by atoms with Crippen molar-refractivity contribution in [2.24, 2.45) is 5.92 Å². The number of carbonyl (C=O) groups excluding carboxylic acids is 1. The van der Waals surface area contributed by atoms with Crippen LogP contribution >= 0.6 is 0 Å². The Balaban J connectivity index is 2.58. The molecule has 8 heteroatoms. The Hall–Kier alpha value is -2.27. The van der Waals surface area contributed by atoms with Gasteiger partial charge in [-0.15, -0.1) is 0 Å². The number of ether oxygens (including phenoxy) is 2. The molecule has 5 nitrogen and oxygen atoms in total. The minimum absolute atomic E-state index is 0.0897. The molecule has 132 valence electrons. The van der Waals surface area contributed by atoms with Gasteiger partial charge in [-0.25, -0.2) is 0 Å². The number of nitrogens with one attached hydrogen (secondary N) is 1. The van der Waals surface area contributed by atoms with Gasteiger partial charge in [-0.1, -0.05) is 13.8 Å². The van der Waals surface area contributed by atoms with E-state index in [1.54, 1.807) is 6.07 Å². The van der Waals surface area contributed by atoms with Crippen molar-refractivity contribution in [2.45, 2.75) is 26.4 Å². The molecule has 0 saturated carbocycles. The first kappa shape index (κ1) is 19.8. The monoisotopic (exact) mass is 344 g/mol. The highest BCUT2D eigenvalue weighted by atomic mass is 19.4. The van der Waals surface area contributed by atoms with Gasteiger partial charge in [-0.3, -0.25) is 4.79 Å². The van der Waals surface area contributed by atoms with Crippen molar-refractivity contribution in [3.63, 3.8) is 0 Å². The van der Waals surface area contributed by atoms with E-state index in [0.29, 0.717) is 18.2 Å². The molecule has 1 aromatic rings. The molecular formula is C16H19F3N2O3. The number of carbonyl (C=O) groups is 1. The first-order valence-electron chi connectivity index (χ1n) is 7.32. The zero-order chi connectivity index (χ0) is 18.2. The summed E-state index contributed by atoms with van der Waals surface area (Å²) in [4.78, 5) is 11.7. The summed E-state index contributed by atoms with van der Waals surface area (Å²) >= 11 is 0. The van der Waals surface area contributed by atoms with E-state index >= 15 is 0 Å². The van der Waals surface area contributed by atoms with E-state index in [2.05, 4.69) is 10.1 Å². The summed E-state index contributed by atoms with van der Waals surface area (Å²) in [5.74, 6) is -0.129. The molecule has 0 spiro atoms. The number of rotatable bonds is 8. The molecule has 0 heterocycles. The third-order valence-corrected chi connectivity index (χ3v) is 2.70. The number of alkyl halides is 3. The Labute approximate surface area is 138 Å². The molecule has 0 unspecified atom stereocenters. The van der Waals surface area contributed by atoms with Crippen LogP contribution in [0.2, 0.25) is 0 Å². The summed E-state index contributed by atoms with van der Waals surface area (Å²) in [6, 6.07) is 5.60. The fraction of sp³-hybridized carbons (Fsp3) is 0.500. The first-order valence-corrected chi connectivity index (χ1v) is 7.32. The van der Waals surface area contributed by atoms with Gasteiger partial charge in [0.25, 0.3) is 0 Å². The number of hydrogen-bond acceptors (Lipinski definition) is 4. The van der Waals surface area contributed by atoms with Gasteiger partial charge in [-0.05, 0) is 24.1 Å². The number of anilines is 1. The summed E-state index contributed by atoms with van der Waals surface area (Å²) in [7, 11) is 0. The van der Waals surface area contributed by atoms with E-state index in [-0.39, 0.29) is 30.2 Å². The molecule has 0 aliphatic rings. The Morgan fingerprint density at radius 1 is 1.38 bits per heavy atom. The van der Waals surface area contributed by atoms with Gasteiger partial charge in [-0.2, -0.15) is 18.4 Å². The molecule has 1 aromatic carbocycles. The summed E-state index contributed by atoms with van der Waals surface area (Å²) in [6.45, 7) is 3.32. The molecule has 1 N–H and O–H groups in total. The van der Waals surface area contributed by atoms with Gasteiger partial charge in [0.05, 0.1) is 18.6 Å². The summed E-state index contributed by atoms with van der Waals surface area (Å²) < 4.78 is 46.3. The van der Waals surface area contributed by atoms with Crippen molar-refractivity contribution in [3.8, 4) is 11.8 Å². The number of benzene rings is 1. The molecule has 0 radical (unpaired) electrons. The zero-order valence-corrected chi connectivity index (χ0v) is 13.4. The molecule has 1 amide bonds. The van der Waals surface area contributed by atoms with Crippen LogP contribution < -0.4 is 10.1 Å². The minimum atomic E-state index is -4.49. The maximum atomic E-state index is 12.1. The normalized spacial score (nSPS) is 11.2. The van der Waals surface area contributed by atoms with Crippen LogP contribution in [0.15, 0.2) is 18.2 Å². The lowest BCUT2D eigenvalue weighted by Crippen LogP contribution is -2.19. The van der Waals surface area contributed by atoms with Crippen molar-refractivity contribution in [2.75, 3.05) is 25.1 Å². The highest BCUT2D eigenvalue weighted by Gasteiger charge is 2.28. The second-order valence-corrected chi connectivity index (χ2v) is 5.49. The number of nitriles is 1. The van der Waals surface area contributed by atoms with Crippen molar-refractivity contribution in [1.29, 1.82) is 5.26 Å². The number of nitrogens with zero attached hydrogens (tertiary/aromatic N) is 1. The molecule has 0 fully saturated rings. The molecule has 1 rings (SSSR count). The fourth-order valence-corrected chi connectivity index (χ4v) is 1.69. The molecule has 0 aromatic heterocycles. The molecular weight excluding hydrogens is 325 g/mol. The average molecular weight is 344 g/mol. The minimum Gasteiger partial charge on any atom is -0.483 e. The SMILES string of the molecule is CC(C)COCCC(=O)Nc1ccc(OCC(F)(F)F)c(C#N)c1. The van der Waals surface area contributed by atoms with E-state index in [9.17, 15) is 18.0 Å². The predicted octanol–water partition coefficient (Wildman–Crippen LogP) is 3.50. The third kappa shape index (κ3) is 7.83. The van der Waals surface area contributed by atoms with Crippen LogP contribution in [0.4, 0.5) is 18.9 Å². The van der Waals surface area contributed by atoms with Crippen LogP contribution in [0.3, 0.4) is 0 Å². The lowest BCUT2D eigenvalue weighted by molar-refractivity contribution is -0.153. The molecule has 0 saturated heterocycles. The summed E-state index contributed by atoms with van der Waals surface area (Å²) in [5.41, 5.74) is 0.216. The Morgan fingerprint density at radius 2 is 2.08 bits per heavy atom. The largest absolute Gasteiger partial charge is 0.483 e. The first-order chi connectivity index (χ1) is 11.2. The maximum absolute atomic E-state index is 12.1. The third-order valence-electron chi connectivity index (χ3n) is 2.70. The number of halogens is 3. The standard InChI is InChI=1S/C16H19F3N2O3/c1-11(2)9-23-6-5-15(22)21-13-3-4-14(12(7-13)8-20)24-10-16(17,18)19/h3-4,7,11H,5-6,9-10H2,1-2H3,(H,21,22). The second kappa shape index (κ2) is 9.13. The van der Waals surface area contributed by atoms with Crippen LogP contribution in [-0.2, 0) is 9.53 Å². The predicted molar refractivity (Wildman–Crippen MR) is 81.6 cm³/mol. The average Bonchev–Trinajstić information content (AvgIpc) is 2.49. The molecule has 0 bridgehead atoms. The van der Waals surface area contributed by atoms with Crippen molar-refractivity contribution in [1.82, 2.24) is 0 Å². The molecule has 0 atom stereocenters. The number of amides is 1. The van der Waals surface area contributed by atoms with Crippen LogP contribution in [0.25, 0.3) is 0 Å². The molecule has 0 aliphatic carbocycles. The lowest BCUT2D eigenvalue weighted by Gasteiger charge is -2.12. The van der Waals surface area contributed by atoms with Crippen LogP contribution in [-0.4, -0.2) is 31.9 Å². The Bertz CT molecular complexity index is 595. The lowest BCUT2D eigenvalue weighted by atomic mass is 10.2. The fourth-order valence-electron chi connectivity index (χ4n) is 1.69. The van der Waals surface area contributed by atoms with Gasteiger partial charge >= 0.3 is 6.18 Å². The van der Waals surface area contributed by atoms with E-state index in [1.807, 2.05) is 13.8 Å². The smallest absolute Gasteiger partial charge is 0.422 e. The Kier molecular flexibility index (Phi) is 7.52. The van der Waals surface area contributed by atoms with Gasteiger partial charge in [0, 0.05) is 12.3 Å². The zero-order valence-electron chi connectivity index (χ0n) is 13.4. The van der Waals surface area contributed by atoms with Crippen LogP contribution in [0.1, 0.15) is 25.8 Å². The number of hydrogen-bond donors (Lipinski definition) is 1. The van der Waals surface area contributed by atoms with Crippen molar-refractivity contribution in [3.05, 3.63) is 23.8 Å². The van der Waals surface area contributed by atoms with E-state index in [1.165, 1.54) is 18.2 Å². The summed E-state index contributed by atoms with van der Waals surface area (Å²) in [5, 5.41) is 11.5. The van der Waals surface area contributed by atoms with Gasteiger partial charge in [0.2, 0.25) is 5.91 Å². The highest BCUT2D eigenvalue weighted by molar-refractivity contribution is 5.91. The quantitative estimate of drug-likeness (QED) is 0.733. The maximum Gasteiger partial charge on any atom is 0.422 e. The Morgan fingerprint density at radius 3 is 2.67 bits per heavy atom. The summed E-state index contributed by atoms with van der Waals surface area (Å²) in [6.07, 6.45) is -4.35. The molecule has 24 heavy (non-hydrogen) atoms. The van der Waals surface area contributed by atoms with Crippen LogP contribution in [0.5, 0.6) is 5.75 Å².